The van der Waals surface area contributed by atoms with E-state index in [1.807, 2.05) is 31.2 Å². The Hall–Kier alpha value is -2.50. The number of hydrogen-bond acceptors (Lipinski definition) is 3. The maximum absolute atomic E-state index is 12.5. The van der Waals surface area contributed by atoms with Crippen LogP contribution in [0.1, 0.15) is 30.9 Å². The van der Waals surface area contributed by atoms with Crippen molar-refractivity contribution in [3.63, 3.8) is 0 Å². The second-order valence-electron chi connectivity index (χ2n) is 6.43. The van der Waals surface area contributed by atoms with Crippen LogP contribution in [0.25, 0.3) is 0 Å². The summed E-state index contributed by atoms with van der Waals surface area (Å²) in [6.07, 6.45) is -3.49. The summed E-state index contributed by atoms with van der Waals surface area (Å²) in [6, 6.07) is 13.3. The number of ether oxygens (including phenoxy) is 1. The van der Waals surface area contributed by atoms with Gasteiger partial charge >= 0.3 is 6.36 Å². The van der Waals surface area contributed by atoms with E-state index >= 15 is 0 Å². The minimum atomic E-state index is -4.75. The van der Waals surface area contributed by atoms with Gasteiger partial charge in [-0.25, -0.2) is 0 Å². The second-order valence-corrected chi connectivity index (χ2v) is 6.43. The quantitative estimate of drug-likeness (QED) is 0.251. The third kappa shape index (κ3) is 9.90. The van der Waals surface area contributed by atoms with Crippen LogP contribution in [0.15, 0.2) is 53.5 Å². The van der Waals surface area contributed by atoms with Gasteiger partial charge in [-0.05, 0) is 30.2 Å². The highest BCUT2D eigenvalue weighted by Gasteiger charge is 2.31. The first-order valence-corrected chi connectivity index (χ1v) is 9.47. The molecule has 0 unspecified atom stereocenters. The van der Waals surface area contributed by atoms with Crippen molar-refractivity contribution >= 4 is 41.5 Å². The number of nitrogens with zero attached hydrogens (tertiary/aromatic N) is 1. The Morgan fingerprint density at radius 3 is 2.29 bits per heavy atom. The molecule has 0 saturated carbocycles. The topological polar surface area (TPSA) is 74.8 Å². The van der Waals surface area contributed by atoms with Gasteiger partial charge in [0.2, 0.25) is 5.91 Å². The molecule has 2 rings (SSSR count). The molecule has 10 heteroatoms. The molecule has 0 spiro atoms. The fourth-order valence-electron chi connectivity index (χ4n) is 2.62. The monoisotopic (exact) mass is 550 g/mol. The van der Waals surface area contributed by atoms with Crippen molar-refractivity contribution in [2.75, 3.05) is 12.4 Å². The average Bonchev–Trinajstić information content (AvgIpc) is 2.69. The molecule has 0 saturated heterocycles. The van der Waals surface area contributed by atoms with Crippen LogP contribution >= 0.6 is 24.0 Å². The molecular formula is C21H26F3IN4O2. The zero-order valence-electron chi connectivity index (χ0n) is 17.3. The van der Waals surface area contributed by atoms with Crippen LogP contribution in [0.4, 0.5) is 18.9 Å². The van der Waals surface area contributed by atoms with Gasteiger partial charge in [0, 0.05) is 37.8 Å². The van der Waals surface area contributed by atoms with E-state index < -0.39 is 6.36 Å². The maximum atomic E-state index is 12.5. The van der Waals surface area contributed by atoms with Gasteiger partial charge in [0.1, 0.15) is 5.75 Å². The molecule has 0 aliphatic carbocycles. The van der Waals surface area contributed by atoms with E-state index in [2.05, 4.69) is 25.7 Å². The lowest BCUT2D eigenvalue weighted by atomic mass is 10.2. The van der Waals surface area contributed by atoms with Gasteiger partial charge in [0.25, 0.3) is 0 Å². The number of anilines is 1. The molecule has 0 radical (unpaired) electrons. The number of carbonyl (C=O) groups excluding carboxylic acids is 1. The van der Waals surface area contributed by atoms with Crippen LogP contribution in [-0.2, 0) is 17.9 Å². The number of nitrogens with one attached hydrogen (secondary N) is 3. The second kappa shape index (κ2) is 13.0. The Morgan fingerprint density at radius 2 is 1.68 bits per heavy atom. The Morgan fingerprint density at radius 1 is 1.03 bits per heavy atom. The predicted molar refractivity (Wildman–Crippen MR) is 126 cm³/mol. The van der Waals surface area contributed by atoms with Gasteiger partial charge in [-0.3, -0.25) is 9.79 Å². The lowest BCUT2D eigenvalue weighted by molar-refractivity contribution is -0.274. The molecule has 0 fully saturated rings. The van der Waals surface area contributed by atoms with Crippen LogP contribution in [-0.4, -0.2) is 25.3 Å². The summed E-state index contributed by atoms with van der Waals surface area (Å²) < 4.78 is 41.6. The van der Waals surface area contributed by atoms with E-state index in [0.717, 1.165) is 17.7 Å². The fourth-order valence-corrected chi connectivity index (χ4v) is 2.62. The van der Waals surface area contributed by atoms with E-state index in [0.29, 0.717) is 24.5 Å². The van der Waals surface area contributed by atoms with Crippen LogP contribution < -0.4 is 20.7 Å². The van der Waals surface area contributed by atoms with Crippen molar-refractivity contribution in [1.82, 2.24) is 10.6 Å². The molecule has 0 aliphatic heterocycles. The number of hydrogen-bond donors (Lipinski definition) is 3. The number of para-hydroxylation sites is 1. The summed E-state index contributed by atoms with van der Waals surface area (Å²) >= 11 is 0. The number of carbonyl (C=O) groups is 1. The van der Waals surface area contributed by atoms with Crippen molar-refractivity contribution < 1.29 is 22.7 Å². The molecule has 0 heterocycles. The van der Waals surface area contributed by atoms with Gasteiger partial charge in [-0.15, -0.1) is 37.1 Å². The van der Waals surface area contributed by atoms with Crippen LogP contribution in [0.2, 0.25) is 0 Å². The molecule has 0 aromatic heterocycles. The van der Waals surface area contributed by atoms with Crippen LogP contribution in [0.5, 0.6) is 5.75 Å². The third-order valence-electron chi connectivity index (χ3n) is 4.04. The highest BCUT2D eigenvalue weighted by Crippen LogP contribution is 2.26. The summed E-state index contributed by atoms with van der Waals surface area (Å²) in [7, 11) is 1.57. The minimum Gasteiger partial charge on any atom is -0.405 e. The number of aliphatic imine (C=N–C) groups is 1. The molecule has 3 N–H and O–H groups in total. The van der Waals surface area contributed by atoms with Gasteiger partial charge in [0.15, 0.2) is 5.96 Å². The molecule has 31 heavy (non-hydrogen) atoms. The molecule has 2 aromatic carbocycles. The van der Waals surface area contributed by atoms with Crippen molar-refractivity contribution in [2.24, 2.45) is 4.99 Å². The number of amides is 1. The summed E-state index contributed by atoms with van der Waals surface area (Å²) in [5.74, 6) is 0.147. The number of guanidine groups is 1. The average molecular weight is 550 g/mol. The number of rotatable bonds is 8. The van der Waals surface area contributed by atoms with Gasteiger partial charge in [-0.1, -0.05) is 37.3 Å². The number of halogens is 4. The highest BCUT2D eigenvalue weighted by molar-refractivity contribution is 14.0. The van der Waals surface area contributed by atoms with Crippen molar-refractivity contribution in [3.05, 3.63) is 59.7 Å². The normalized spacial score (nSPS) is 11.3. The Bertz CT molecular complexity index is 858. The van der Waals surface area contributed by atoms with Crippen molar-refractivity contribution in [1.29, 1.82) is 0 Å². The molecule has 2 aromatic rings. The van der Waals surface area contributed by atoms with E-state index in [1.54, 1.807) is 19.2 Å². The Balaban J connectivity index is 0.00000480. The summed E-state index contributed by atoms with van der Waals surface area (Å²) in [4.78, 5) is 15.7. The van der Waals surface area contributed by atoms with Crippen LogP contribution in [0, 0.1) is 0 Å². The molecule has 170 valence electrons. The highest BCUT2D eigenvalue weighted by atomic mass is 127. The fraction of sp³-hybridized carbons (Fsp3) is 0.333. The largest absolute Gasteiger partial charge is 0.573 e. The maximum Gasteiger partial charge on any atom is 0.573 e. The first-order valence-electron chi connectivity index (χ1n) is 9.47. The summed E-state index contributed by atoms with van der Waals surface area (Å²) in [5.41, 5.74) is 2.03. The van der Waals surface area contributed by atoms with Crippen molar-refractivity contribution in [3.8, 4) is 5.75 Å². The zero-order chi connectivity index (χ0) is 22.0. The molecule has 0 atom stereocenters. The smallest absolute Gasteiger partial charge is 0.405 e. The summed E-state index contributed by atoms with van der Waals surface area (Å²) in [5, 5.41) is 8.88. The third-order valence-corrected chi connectivity index (χ3v) is 4.04. The minimum absolute atomic E-state index is 0. The Labute approximate surface area is 196 Å². The van der Waals surface area contributed by atoms with Gasteiger partial charge in [-0.2, -0.15) is 0 Å². The van der Waals surface area contributed by atoms with Gasteiger partial charge in [0.05, 0.1) is 0 Å². The standard InChI is InChI=1S/C21H25F3N4O2.HI/c1-3-6-19(29)28-17-11-9-15(10-12-17)13-26-20(25-2)27-14-16-7-4-5-8-18(16)30-21(22,23)24;/h4-5,7-12H,3,6,13-14H2,1-2H3,(H,28,29)(H2,25,26,27);1H. The van der Waals surface area contributed by atoms with Crippen molar-refractivity contribution in [2.45, 2.75) is 39.2 Å². The van der Waals surface area contributed by atoms with Gasteiger partial charge < -0.3 is 20.7 Å². The Kier molecular flexibility index (Phi) is 11.2. The summed E-state index contributed by atoms with van der Waals surface area (Å²) in [6.45, 7) is 2.50. The first-order chi connectivity index (χ1) is 14.3. The van der Waals surface area contributed by atoms with E-state index in [4.69, 9.17) is 0 Å². The molecule has 0 aliphatic rings. The van der Waals surface area contributed by atoms with E-state index in [-0.39, 0.29) is 42.2 Å². The number of alkyl halides is 3. The van der Waals surface area contributed by atoms with Crippen LogP contribution in [0.3, 0.4) is 0 Å². The molecule has 1 amide bonds. The molecule has 0 bridgehead atoms. The predicted octanol–water partition coefficient (Wildman–Crippen LogP) is 4.81. The first kappa shape index (κ1) is 26.5. The number of benzene rings is 2. The lowest BCUT2D eigenvalue weighted by Gasteiger charge is -2.15. The molecular weight excluding hydrogens is 524 g/mol. The molecule has 6 nitrogen and oxygen atoms in total. The zero-order valence-corrected chi connectivity index (χ0v) is 19.6. The lowest BCUT2D eigenvalue weighted by Crippen LogP contribution is -2.36. The van der Waals surface area contributed by atoms with E-state index in [1.165, 1.54) is 12.1 Å². The van der Waals surface area contributed by atoms with E-state index in [9.17, 15) is 18.0 Å². The SMILES string of the molecule is CCCC(=O)Nc1ccc(CNC(=NC)NCc2ccccc2OC(F)(F)F)cc1.I.